The van der Waals surface area contributed by atoms with E-state index in [4.69, 9.17) is 32.7 Å². The minimum absolute atomic E-state index is 0.101. The Morgan fingerprint density at radius 2 is 1.76 bits per heavy atom. The molecule has 0 unspecified atom stereocenters. The molecule has 0 bridgehead atoms. The molecule has 1 amide bonds. The van der Waals surface area contributed by atoms with Crippen molar-refractivity contribution in [3.05, 3.63) is 104 Å². The number of rotatable bonds is 6. The molecule has 10 heteroatoms. The summed E-state index contributed by atoms with van der Waals surface area (Å²) in [6.45, 7) is 4.05. The van der Waals surface area contributed by atoms with Gasteiger partial charge in [-0.05, 0) is 55.5 Å². The number of halogens is 2. The van der Waals surface area contributed by atoms with Crippen LogP contribution in [0.2, 0.25) is 10.0 Å². The van der Waals surface area contributed by atoms with E-state index in [-0.39, 0.29) is 17.3 Å². The van der Waals surface area contributed by atoms with Crippen molar-refractivity contribution in [3.8, 4) is 17.2 Å². The van der Waals surface area contributed by atoms with Crippen molar-refractivity contribution < 1.29 is 14.3 Å². The van der Waals surface area contributed by atoms with E-state index in [1.54, 1.807) is 47.4 Å². The summed E-state index contributed by atoms with van der Waals surface area (Å²) in [7, 11) is 0. The molecule has 0 saturated carbocycles. The molecule has 1 saturated heterocycles. The fraction of sp³-hybridized carbons (Fsp3) is 0.179. The zero-order valence-corrected chi connectivity index (χ0v) is 22.0. The second-order valence-electron chi connectivity index (χ2n) is 8.72. The predicted octanol–water partition coefficient (Wildman–Crippen LogP) is 5.86. The van der Waals surface area contributed by atoms with E-state index in [2.05, 4.69) is 10.4 Å². The van der Waals surface area contributed by atoms with Gasteiger partial charge in [-0.3, -0.25) is 9.59 Å². The zero-order chi connectivity index (χ0) is 26.6. The summed E-state index contributed by atoms with van der Waals surface area (Å²) in [6, 6.07) is 19.2. The largest absolute Gasteiger partial charge is 0.453 e. The van der Waals surface area contributed by atoms with Crippen LogP contribution >= 0.6 is 23.2 Å². The van der Waals surface area contributed by atoms with E-state index in [9.17, 15) is 9.59 Å². The van der Waals surface area contributed by atoms with Crippen molar-refractivity contribution >= 4 is 40.5 Å². The third-order valence-corrected chi connectivity index (χ3v) is 6.76. The van der Waals surface area contributed by atoms with Crippen molar-refractivity contribution in [2.24, 2.45) is 0 Å². The van der Waals surface area contributed by atoms with Gasteiger partial charge in [0.2, 0.25) is 0 Å². The van der Waals surface area contributed by atoms with E-state index in [1.807, 2.05) is 31.2 Å². The van der Waals surface area contributed by atoms with E-state index < -0.39 is 5.56 Å². The van der Waals surface area contributed by atoms with E-state index in [0.717, 1.165) is 5.56 Å². The second kappa shape index (κ2) is 11.3. The number of carbonyl (C=O) groups excluding carboxylic acids is 1. The van der Waals surface area contributed by atoms with Crippen molar-refractivity contribution in [2.45, 2.75) is 6.92 Å². The molecule has 3 aromatic carbocycles. The van der Waals surface area contributed by atoms with E-state index >= 15 is 0 Å². The summed E-state index contributed by atoms with van der Waals surface area (Å²) in [5, 5.41) is 8.12. The number of morpholine rings is 1. The number of nitrogens with zero attached hydrogens (tertiary/aromatic N) is 3. The maximum atomic E-state index is 13.7. The Kier molecular flexibility index (Phi) is 7.64. The van der Waals surface area contributed by atoms with Crippen molar-refractivity contribution in [1.29, 1.82) is 0 Å². The summed E-state index contributed by atoms with van der Waals surface area (Å²) >= 11 is 12.2. The fourth-order valence-corrected chi connectivity index (χ4v) is 4.28. The first-order valence-corrected chi connectivity index (χ1v) is 12.7. The van der Waals surface area contributed by atoms with Gasteiger partial charge in [0.25, 0.3) is 11.5 Å². The Morgan fingerprint density at radius 1 is 1.00 bits per heavy atom. The minimum atomic E-state index is -0.474. The maximum Gasteiger partial charge on any atom is 0.299 e. The molecular weight excluding hydrogens is 527 g/mol. The van der Waals surface area contributed by atoms with Gasteiger partial charge in [-0.25, -0.2) is 0 Å². The number of benzene rings is 3. The first kappa shape index (κ1) is 25.8. The lowest BCUT2D eigenvalue weighted by Crippen LogP contribution is -2.40. The van der Waals surface area contributed by atoms with Gasteiger partial charge in [-0.1, -0.05) is 47.0 Å². The molecule has 194 valence electrons. The summed E-state index contributed by atoms with van der Waals surface area (Å²) in [4.78, 5) is 28.5. The van der Waals surface area contributed by atoms with Gasteiger partial charge in [0, 0.05) is 24.3 Å². The van der Waals surface area contributed by atoms with Crippen LogP contribution in [0.15, 0.2) is 77.7 Å². The Morgan fingerprint density at radius 3 is 2.50 bits per heavy atom. The Hall–Kier alpha value is -3.85. The normalized spacial score (nSPS) is 13.3. The summed E-state index contributed by atoms with van der Waals surface area (Å²) < 4.78 is 12.6. The summed E-state index contributed by atoms with van der Waals surface area (Å²) in [5.41, 5.74) is 2.22. The van der Waals surface area contributed by atoms with Gasteiger partial charge in [-0.2, -0.15) is 9.78 Å². The first-order chi connectivity index (χ1) is 18.4. The van der Waals surface area contributed by atoms with Crippen LogP contribution < -0.4 is 15.6 Å². The number of ether oxygens (including phenoxy) is 2. The average Bonchev–Trinajstić information content (AvgIpc) is 2.94. The molecule has 0 atom stereocenters. The molecular formula is C28H24Cl2N4O4. The average molecular weight is 551 g/mol. The van der Waals surface area contributed by atoms with Crippen LogP contribution in [-0.4, -0.2) is 46.9 Å². The van der Waals surface area contributed by atoms with Gasteiger partial charge < -0.3 is 19.7 Å². The highest BCUT2D eigenvalue weighted by molar-refractivity contribution is 6.42. The molecule has 4 aromatic rings. The zero-order valence-electron chi connectivity index (χ0n) is 20.5. The van der Waals surface area contributed by atoms with E-state index in [0.29, 0.717) is 59.0 Å². The lowest BCUT2D eigenvalue weighted by molar-refractivity contribution is 0.0303. The highest BCUT2D eigenvalue weighted by Gasteiger charge is 2.20. The van der Waals surface area contributed by atoms with Crippen molar-refractivity contribution in [1.82, 2.24) is 14.7 Å². The minimum Gasteiger partial charge on any atom is -0.453 e. The van der Waals surface area contributed by atoms with Crippen LogP contribution in [0.25, 0.3) is 5.69 Å². The Bertz CT molecular complexity index is 1530. The van der Waals surface area contributed by atoms with Crippen molar-refractivity contribution in [3.63, 3.8) is 0 Å². The number of anilines is 2. The number of hydrogen-bond donors (Lipinski definition) is 1. The number of aryl methyl sites for hydroxylation is 1. The number of aromatic nitrogens is 2. The third-order valence-electron chi connectivity index (χ3n) is 6.02. The quantitative estimate of drug-likeness (QED) is 0.323. The number of carbonyl (C=O) groups is 1. The molecule has 1 fully saturated rings. The molecule has 0 spiro atoms. The molecule has 1 N–H and O–H groups in total. The van der Waals surface area contributed by atoms with Crippen LogP contribution in [0.5, 0.6) is 11.5 Å². The first-order valence-electron chi connectivity index (χ1n) is 12.0. The standard InChI is InChI=1S/C28H24Cl2N4O4/c1-18-5-8-22(9-6-18)38-25-17-31-34(21-7-10-23(29)24(30)16-21)28(36)26(25)32-20-4-2-3-19(15-20)27(35)33-11-13-37-14-12-33/h2-10,15-17,32H,11-14H2,1H3. The third kappa shape index (κ3) is 5.67. The number of amides is 1. The number of hydrogen-bond acceptors (Lipinski definition) is 6. The molecule has 0 aliphatic carbocycles. The van der Waals surface area contributed by atoms with Crippen LogP contribution in [0.4, 0.5) is 11.4 Å². The Labute approximate surface area is 229 Å². The summed E-state index contributed by atoms with van der Waals surface area (Å²) in [5.74, 6) is 0.666. The summed E-state index contributed by atoms with van der Waals surface area (Å²) in [6.07, 6.45) is 1.45. The van der Waals surface area contributed by atoms with Gasteiger partial charge in [0.05, 0.1) is 35.1 Å². The van der Waals surface area contributed by atoms with Crippen molar-refractivity contribution in [2.75, 3.05) is 31.6 Å². The predicted molar refractivity (Wildman–Crippen MR) is 148 cm³/mol. The van der Waals surface area contributed by atoms with Crippen LogP contribution in [-0.2, 0) is 4.74 Å². The molecule has 1 aromatic heterocycles. The molecule has 0 radical (unpaired) electrons. The lowest BCUT2D eigenvalue weighted by Gasteiger charge is -2.27. The van der Waals surface area contributed by atoms with Gasteiger partial charge in [0.15, 0.2) is 11.4 Å². The number of nitrogens with one attached hydrogen (secondary N) is 1. The second-order valence-corrected chi connectivity index (χ2v) is 9.54. The fourth-order valence-electron chi connectivity index (χ4n) is 3.99. The van der Waals surface area contributed by atoms with E-state index in [1.165, 1.54) is 10.9 Å². The highest BCUT2D eigenvalue weighted by atomic mass is 35.5. The molecule has 1 aliphatic heterocycles. The Balaban J connectivity index is 1.53. The molecule has 2 heterocycles. The maximum absolute atomic E-state index is 13.7. The SMILES string of the molecule is Cc1ccc(Oc2cnn(-c3ccc(Cl)c(Cl)c3)c(=O)c2Nc2cccc(C(=O)N3CCOCC3)c2)cc1. The molecule has 1 aliphatic rings. The molecule has 8 nitrogen and oxygen atoms in total. The van der Waals surface area contributed by atoms with Crippen LogP contribution in [0.3, 0.4) is 0 Å². The van der Waals surface area contributed by atoms with Crippen LogP contribution in [0.1, 0.15) is 15.9 Å². The lowest BCUT2D eigenvalue weighted by atomic mass is 10.1. The molecule has 5 rings (SSSR count). The molecule has 38 heavy (non-hydrogen) atoms. The van der Waals surface area contributed by atoms with Crippen LogP contribution in [0, 0.1) is 6.92 Å². The topological polar surface area (TPSA) is 85.7 Å². The van der Waals surface area contributed by atoms with Gasteiger partial charge >= 0.3 is 0 Å². The smallest absolute Gasteiger partial charge is 0.299 e. The highest BCUT2D eigenvalue weighted by Crippen LogP contribution is 2.30. The monoisotopic (exact) mass is 550 g/mol. The van der Waals surface area contributed by atoms with Gasteiger partial charge in [0.1, 0.15) is 5.75 Å². The van der Waals surface area contributed by atoms with Gasteiger partial charge in [-0.15, -0.1) is 0 Å².